The fraction of sp³-hybridized carbons (Fsp3) is 0.364. The molecule has 3 heteroatoms. The largest absolute Gasteiger partial charge is 0.457 e. The van der Waals surface area contributed by atoms with Gasteiger partial charge in [-0.15, -0.1) is 0 Å². The predicted molar refractivity (Wildman–Crippen MR) is 57.3 cm³/mol. The van der Waals surface area contributed by atoms with Crippen molar-refractivity contribution in [1.82, 2.24) is 0 Å². The van der Waals surface area contributed by atoms with Crippen LogP contribution < -0.4 is 0 Å². The summed E-state index contributed by atoms with van der Waals surface area (Å²) < 4.78 is 5.58. The second-order valence-electron chi connectivity index (χ2n) is 3.41. The van der Waals surface area contributed by atoms with Crippen LogP contribution in [-0.4, -0.2) is 5.78 Å². The van der Waals surface area contributed by atoms with Gasteiger partial charge in [-0.05, 0) is 53.3 Å². The lowest BCUT2D eigenvalue weighted by Crippen LogP contribution is -2.05. The number of Topliss-reactive ketones (excluding diaryl/α,β-unsaturated/α-hetero) is 1. The lowest BCUT2D eigenvalue weighted by molar-refractivity contribution is 0.102. The minimum Gasteiger partial charge on any atom is -0.457 e. The van der Waals surface area contributed by atoms with Crippen LogP contribution in [-0.2, 0) is 0 Å². The van der Waals surface area contributed by atoms with Crippen molar-refractivity contribution >= 4 is 21.7 Å². The Morgan fingerprint density at radius 2 is 2.29 bits per heavy atom. The highest BCUT2D eigenvalue weighted by atomic mass is 79.9. The molecule has 0 radical (unpaired) electrons. The van der Waals surface area contributed by atoms with Crippen LogP contribution in [0.1, 0.15) is 36.0 Å². The molecule has 0 spiro atoms. The minimum atomic E-state index is 0.102. The second-order valence-corrected chi connectivity index (χ2v) is 4.13. The van der Waals surface area contributed by atoms with Gasteiger partial charge in [-0.1, -0.05) is 6.08 Å². The summed E-state index contributed by atoms with van der Waals surface area (Å²) in [5.41, 5.74) is 1.57. The molecule has 2 rings (SSSR count). The Kier molecular flexibility index (Phi) is 2.87. The molecule has 0 N–H and O–H groups in total. The number of hydrogen-bond acceptors (Lipinski definition) is 2. The van der Waals surface area contributed by atoms with Crippen LogP contribution in [0.15, 0.2) is 33.1 Å². The smallest absolute Gasteiger partial charge is 0.193 e. The van der Waals surface area contributed by atoms with Crippen LogP contribution in [0.3, 0.4) is 0 Å². The molecule has 1 aromatic rings. The fourth-order valence-corrected chi connectivity index (χ4v) is 2.09. The van der Waals surface area contributed by atoms with Gasteiger partial charge in [0.1, 0.15) is 0 Å². The quantitative estimate of drug-likeness (QED) is 0.754. The van der Waals surface area contributed by atoms with Gasteiger partial charge < -0.3 is 4.42 Å². The lowest BCUT2D eigenvalue weighted by Gasteiger charge is -2.10. The maximum absolute atomic E-state index is 11.9. The van der Waals surface area contributed by atoms with Crippen molar-refractivity contribution in [2.75, 3.05) is 0 Å². The first-order valence-corrected chi connectivity index (χ1v) is 5.55. The number of hydrogen-bond donors (Lipinski definition) is 0. The molecule has 1 aliphatic carbocycles. The zero-order valence-electron chi connectivity index (χ0n) is 7.75. The summed E-state index contributed by atoms with van der Waals surface area (Å²) in [6.07, 6.45) is 7.81. The van der Waals surface area contributed by atoms with Crippen LogP contribution >= 0.6 is 15.9 Å². The van der Waals surface area contributed by atoms with E-state index in [1.54, 1.807) is 6.07 Å². The van der Waals surface area contributed by atoms with Crippen molar-refractivity contribution < 1.29 is 9.21 Å². The van der Waals surface area contributed by atoms with E-state index >= 15 is 0 Å². The standard InChI is InChI=1S/C11H11BrO2/c12-11-9(6-7-14-11)10(13)8-4-2-1-3-5-8/h4,6-7H,1-3,5H2. The third-order valence-corrected chi connectivity index (χ3v) is 3.06. The number of carbonyl (C=O) groups excluding carboxylic acids is 1. The van der Waals surface area contributed by atoms with E-state index in [0.29, 0.717) is 10.2 Å². The summed E-state index contributed by atoms with van der Waals surface area (Å²) in [6, 6.07) is 1.71. The Hall–Kier alpha value is -0.830. The van der Waals surface area contributed by atoms with Crippen LogP contribution in [0.2, 0.25) is 0 Å². The van der Waals surface area contributed by atoms with Gasteiger partial charge in [-0.2, -0.15) is 0 Å². The number of halogens is 1. The second kappa shape index (κ2) is 4.13. The average molecular weight is 255 g/mol. The Morgan fingerprint density at radius 3 is 2.86 bits per heavy atom. The monoisotopic (exact) mass is 254 g/mol. The van der Waals surface area contributed by atoms with E-state index in [4.69, 9.17) is 4.42 Å². The molecule has 2 nitrogen and oxygen atoms in total. The first-order valence-electron chi connectivity index (χ1n) is 4.76. The lowest BCUT2D eigenvalue weighted by atomic mass is 9.94. The Balaban J connectivity index is 2.23. The molecule has 1 heterocycles. The van der Waals surface area contributed by atoms with E-state index in [1.807, 2.05) is 6.08 Å². The third-order valence-electron chi connectivity index (χ3n) is 2.45. The molecule has 0 saturated carbocycles. The molecule has 0 aromatic carbocycles. The fourth-order valence-electron chi connectivity index (χ4n) is 1.67. The van der Waals surface area contributed by atoms with Crippen LogP contribution in [0.4, 0.5) is 0 Å². The number of allylic oxidation sites excluding steroid dienone is 2. The van der Waals surface area contributed by atoms with Crippen LogP contribution in [0.25, 0.3) is 0 Å². The number of rotatable bonds is 2. The first kappa shape index (κ1) is 9.71. The van der Waals surface area contributed by atoms with Gasteiger partial charge in [0, 0.05) is 0 Å². The summed E-state index contributed by atoms with van der Waals surface area (Å²) in [4.78, 5) is 11.9. The SMILES string of the molecule is O=C(C1=CCCCC1)c1ccoc1Br. The summed E-state index contributed by atoms with van der Waals surface area (Å²) >= 11 is 3.22. The summed E-state index contributed by atoms with van der Waals surface area (Å²) in [6.45, 7) is 0. The van der Waals surface area contributed by atoms with Gasteiger partial charge in [0.05, 0.1) is 11.8 Å². The normalized spacial score (nSPS) is 16.5. The molecular weight excluding hydrogens is 244 g/mol. The molecule has 0 amide bonds. The molecule has 0 fully saturated rings. The molecule has 0 aliphatic heterocycles. The van der Waals surface area contributed by atoms with Crippen molar-refractivity contribution in [3.05, 3.63) is 34.2 Å². The Morgan fingerprint density at radius 1 is 1.43 bits per heavy atom. The Labute approximate surface area is 91.1 Å². The molecule has 0 bridgehead atoms. The Bertz CT molecular complexity index is 376. The number of ketones is 1. The van der Waals surface area contributed by atoms with Gasteiger partial charge in [0.25, 0.3) is 0 Å². The number of furan rings is 1. The maximum Gasteiger partial charge on any atom is 0.193 e. The topological polar surface area (TPSA) is 30.2 Å². The molecule has 1 aliphatic rings. The van der Waals surface area contributed by atoms with Crippen molar-refractivity contribution in [1.29, 1.82) is 0 Å². The van der Waals surface area contributed by atoms with Gasteiger partial charge >= 0.3 is 0 Å². The van der Waals surface area contributed by atoms with Gasteiger partial charge in [-0.3, -0.25) is 4.79 Å². The van der Waals surface area contributed by atoms with Crippen molar-refractivity contribution in [2.24, 2.45) is 0 Å². The van der Waals surface area contributed by atoms with Crippen molar-refractivity contribution in [3.8, 4) is 0 Å². The molecule has 0 unspecified atom stereocenters. The van der Waals surface area contributed by atoms with Crippen molar-refractivity contribution in [2.45, 2.75) is 25.7 Å². The van der Waals surface area contributed by atoms with E-state index in [9.17, 15) is 4.79 Å². The van der Waals surface area contributed by atoms with Gasteiger partial charge in [0.15, 0.2) is 10.5 Å². The van der Waals surface area contributed by atoms with Gasteiger partial charge in [-0.25, -0.2) is 0 Å². The van der Waals surface area contributed by atoms with E-state index in [0.717, 1.165) is 24.8 Å². The molecule has 0 saturated heterocycles. The van der Waals surface area contributed by atoms with E-state index < -0.39 is 0 Å². The number of carbonyl (C=O) groups is 1. The zero-order valence-corrected chi connectivity index (χ0v) is 9.34. The van der Waals surface area contributed by atoms with Crippen LogP contribution in [0, 0.1) is 0 Å². The summed E-state index contributed by atoms with van der Waals surface area (Å²) in [5.74, 6) is 0.102. The van der Waals surface area contributed by atoms with Crippen molar-refractivity contribution in [3.63, 3.8) is 0 Å². The minimum absolute atomic E-state index is 0.102. The third kappa shape index (κ3) is 1.82. The molecule has 0 atom stereocenters. The zero-order chi connectivity index (χ0) is 9.97. The maximum atomic E-state index is 11.9. The summed E-state index contributed by atoms with van der Waals surface area (Å²) in [5, 5.41) is 0. The highest BCUT2D eigenvalue weighted by Crippen LogP contribution is 2.25. The van der Waals surface area contributed by atoms with E-state index in [-0.39, 0.29) is 5.78 Å². The van der Waals surface area contributed by atoms with E-state index in [1.165, 1.54) is 12.7 Å². The predicted octanol–water partition coefficient (Wildman–Crippen LogP) is 3.73. The highest BCUT2D eigenvalue weighted by Gasteiger charge is 2.18. The van der Waals surface area contributed by atoms with E-state index in [2.05, 4.69) is 15.9 Å². The highest BCUT2D eigenvalue weighted by molar-refractivity contribution is 9.10. The average Bonchev–Trinajstić information content (AvgIpc) is 2.65. The molecule has 74 valence electrons. The molecule has 14 heavy (non-hydrogen) atoms. The van der Waals surface area contributed by atoms with Gasteiger partial charge in [0.2, 0.25) is 0 Å². The molecule has 1 aromatic heterocycles. The summed E-state index contributed by atoms with van der Waals surface area (Å²) in [7, 11) is 0. The van der Waals surface area contributed by atoms with Crippen LogP contribution in [0.5, 0.6) is 0 Å². The molecular formula is C11H11BrO2. The first-order chi connectivity index (χ1) is 6.79.